The molecule has 0 bridgehead atoms. The third kappa shape index (κ3) is 2.70. The lowest BCUT2D eigenvalue weighted by Crippen LogP contribution is -2.30. The molecule has 3 aliphatic rings. The highest BCUT2D eigenvalue weighted by atomic mass is 16.7. The Kier molecular flexibility index (Phi) is 3.99. The standard InChI is InChI=1S/C14H22O6/c15-11-5-9(13(17)19-11)7-1-2-8(4-3-7)10-6-12(16)20-14(10)18/h7-13,15-17H,1-6H2/t7?,8?,9?,10?,11?,12-,13-/m1/s1. The lowest BCUT2D eigenvalue weighted by molar-refractivity contribution is -0.172. The lowest BCUT2D eigenvalue weighted by Gasteiger charge is -2.34. The van der Waals surface area contributed by atoms with Crippen LogP contribution >= 0.6 is 0 Å². The van der Waals surface area contributed by atoms with Crippen LogP contribution in [-0.4, -0.2) is 40.2 Å². The molecule has 0 aromatic rings. The zero-order valence-corrected chi connectivity index (χ0v) is 11.4. The first-order valence-electron chi connectivity index (χ1n) is 7.44. The molecule has 6 heteroatoms. The molecule has 0 spiro atoms. The van der Waals surface area contributed by atoms with Crippen molar-refractivity contribution < 1.29 is 29.6 Å². The van der Waals surface area contributed by atoms with Crippen molar-refractivity contribution in [2.45, 2.75) is 57.4 Å². The second-order valence-electron chi connectivity index (χ2n) is 6.29. The Hall–Kier alpha value is -0.690. The van der Waals surface area contributed by atoms with Crippen LogP contribution in [0.1, 0.15) is 38.5 Å². The molecule has 20 heavy (non-hydrogen) atoms. The quantitative estimate of drug-likeness (QED) is 0.634. The minimum atomic E-state index is -0.939. The summed E-state index contributed by atoms with van der Waals surface area (Å²) in [5, 5.41) is 28.6. The van der Waals surface area contributed by atoms with Gasteiger partial charge in [-0.2, -0.15) is 0 Å². The zero-order chi connectivity index (χ0) is 14.3. The SMILES string of the molecule is O=C1O[C@@H](O)CC1C1CCC(C2CC(O)O[C@H]2O)CC1. The number of rotatable bonds is 2. The molecule has 3 fully saturated rings. The van der Waals surface area contributed by atoms with E-state index in [2.05, 4.69) is 0 Å². The van der Waals surface area contributed by atoms with Gasteiger partial charge in [-0.05, 0) is 37.5 Å². The maximum atomic E-state index is 11.6. The molecule has 3 unspecified atom stereocenters. The average Bonchev–Trinajstić information content (AvgIpc) is 2.92. The number of hydrogen-bond donors (Lipinski definition) is 3. The summed E-state index contributed by atoms with van der Waals surface area (Å²) in [5.74, 6) is 0.134. The second-order valence-corrected chi connectivity index (χ2v) is 6.29. The van der Waals surface area contributed by atoms with E-state index in [1.54, 1.807) is 0 Å². The maximum Gasteiger partial charge on any atom is 0.311 e. The fraction of sp³-hybridized carbons (Fsp3) is 0.929. The number of carbonyl (C=O) groups is 1. The highest BCUT2D eigenvalue weighted by molar-refractivity contribution is 5.74. The highest BCUT2D eigenvalue weighted by Crippen LogP contribution is 2.44. The Balaban J connectivity index is 1.53. The van der Waals surface area contributed by atoms with Crippen molar-refractivity contribution in [2.75, 3.05) is 0 Å². The molecular weight excluding hydrogens is 264 g/mol. The van der Waals surface area contributed by atoms with Crippen LogP contribution in [0, 0.1) is 23.7 Å². The van der Waals surface area contributed by atoms with E-state index >= 15 is 0 Å². The molecule has 0 amide bonds. The van der Waals surface area contributed by atoms with Gasteiger partial charge >= 0.3 is 5.97 Å². The molecule has 114 valence electrons. The predicted molar refractivity (Wildman–Crippen MR) is 66.9 cm³/mol. The molecule has 0 aromatic carbocycles. The van der Waals surface area contributed by atoms with Gasteiger partial charge in [0, 0.05) is 18.8 Å². The Morgan fingerprint density at radius 3 is 2.05 bits per heavy atom. The van der Waals surface area contributed by atoms with E-state index in [1.165, 1.54) is 0 Å². The van der Waals surface area contributed by atoms with Crippen molar-refractivity contribution in [3.8, 4) is 0 Å². The molecule has 2 saturated heterocycles. The summed E-state index contributed by atoms with van der Waals surface area (Å²) in [6.07, 6.45) is 1.86. The topological polar surface area (TPSA) is 96.2 Å². The van der Waals surface area contributed by atoms with Gasteiger partial charge in [0.05, 0.1) is 5.92 Å². The van der Waals surface area contributed by atoms with Crippen LogP contribution in [0.25, 0.3) is 0 Å². The third-order valence-electron chi connectivity index (χ3n) is 5.14. The largest absolute Gasteiger partial charge is 0.436 e. The summed E-state index contributed by atoms with van der Waals surface area (Å²) in [6, 6.07) is 0. The van der Waals surface area contributed by atoms with E-state index in [0.717, 1.165) is 25.7 Å². The van der Waals surface area contributed by atoms with Gasteiger partial charge in [-0.3, -0.25) is 4.79 Å². The summed E-state index contributed by atoms with van der Waals surface area (Å²) in [6.45, 7) is 0. The number of carbonyl (C=O) groups excluding carboxylic acids is 1. The summed E-state index contributed by atoms with van der Waals surface area (Å²) in [4.78, 5) is 11.6. The normalized spacial score (nSPS) is 49.4. The minimum Gasteiger partial charge on any atom is -0.436 e. The molecule has 1 aliphatic carbocycles. The van der Waals surface area contributed by atoms with Crippen LogP contribution in [0.3, 0.4) is 0 Å². The zero-order valence-electron chi connectivity index (χ0n) is 11.4. The molecule has 2 heterocycles. The van der Waals surface area contributed by atoms with Crippen molar-refractivity contribution in [3.05, 3.63) is 0 Å². The second kappa shape index (κ2) is 5.60. The average molecular weight is 286 g/mol. The molecule has 2 aliphatic heterocycles. The fourth-order valence-electron chi connectivity index (χ4n) is 4.04. The lowest BCUT2D eigenvalue weighted by atomic mass is 9.71. The van der Waals surface area contributed by atoms with Gasteiger partial charge in [-0.1, -0.05) is 0 Å². The van der Waals surface area contributed by atoms with E-state index in [4.69, 9.17) is 9.47 Å². The van der Waals surface area contributed by atoms with Gasteiger partial charge in [0.1, 0.15) is 0 Å². The third-order valence-corrected chi connectivity index (χ3v) is 5.14. The van der Waals surface area contributed by atoms with Crippen LogP contribution in [-0.2, 0) is 14.3 Å². The predicted octanol–water partition coefficient (Wildman–Crippen LogP) is 0.348. The molecule has 0 radical (unpaired) electrons. The van der Waals surface area contributed by atoms with Crippen molar-refractivity contribution in [3.63, 3.8) is 0 Å². The van der Waals surface area contributed by atoms with E-state index in [1.807, 2.05) is 0 Å². The first-order valence-corrected chi connectivity index (χ1v) is 7.44. The Morgan fingerprint density at radius 2 is 1.55 bits per heavy atom. The van der Waals surface area contributed by atoms with Gasteiger partial charge in [-0.15, -0.1) is 0 Å². The Bertz CT molecular complexity index is 365. The van der Waals surface area contributed by atoms with Gasteiger partial charge < -0.3 is 24.8 Å². The molecule has 1 saturated carbocycles. The van der Waals surface area contributed by atoms with Crippen molar-refractivity contribution >= 4 is 5.97 Å². The van der Waals surface area contributed by atoms with Gasteiger partial charge in [0.25, 0.3) is 0 Å². The molecule has 5 atom stereocenters. The van der Waals surface area contributed by atoms with Crippen LogP contribution < -0.4 is 0 Å². The monoisotopic (exact) mass is 286 g/mol. The Morgan fingerprint density at radius 1 is 0.900 bits per heavy atom. The maximum absolute atomic E-state index is 11.6. The first-order chi connectivity index (χ1) is 9.54. The highest BCUT2D eigenvalue weighted by Gasteiger charge is 2.44. The van der Waals surface area contributed by atoms with Crippen LogP contribution in [0.2, 0.25) is 0 Å². The number of esters is 1. The summed E-state index contributed by atoms with van der Waals surface area (Å²) < 4.78 is 9.80. The molecular formula is C14H22O6. The number of ether oxygens (including phenoxy) is 2. The number of cyclic esters (lactones) is 1. The smallest absolute Gasteiger partial charge is 0.311 e. The molecule has 0 aromatic heterocycles. The number of aliphatic hydroxyl groups is 3. The van der Waals surface area contributed by atoms with E-state index in [9.17, 15) is 20.1 Å². The van der Waals surface area contributed by atoms with Crippen molar-refractivity contribution in [2.24, 2.45) is 23.7 Å². The summed E-state index contributed by atoms with van der Waals surface area (Å²) in [7, 11) is 0. The van der Waals surface area contributed by atoms with Gasteiger partial charge in [0.2, 0.25) is 6.29 Å². The molecule has 6 nitrogen and oxygen atoms in total. The van der Waals surface area contributed by atoms with Crippen LogP contribution in [0.15, 0.2) is 0 Å². The van der Waals surface area contributed by atoms with Crippen molar-refractivity contribution in [1.82, 2.24) is 0 Å². The first kappa shape index (κ1) is 14.3. The number of aliphatic hydroxyl groups excluding tert-OH is 3. The van der Waals surface area contributed by atoms with E-state index in [-0.39, 0.29) is 23.7 Å². The molecule has 3 N–H and O–H groups in total. The van der Waals surface area contributed by atoms with Gasteiger partial charge in [0.15, 0.2) is 12.6 Å². The van der Waals surface area contributed by atoms with E-state index in [0.29, 0.717) is 18.8 Å². The van der Waals surface area contributed by atoms with Gasteiger partial charge in [-0.25, -0.2) is 0 Å². The van der Waals surface area contributed by atoms with Crippen LogP contribution in [0.5, 0.6) is 0 Å². The summed E-state index contributed by atoms with van der Waals surface area (Å²) >= 11 is 0. The summed E-state index contributed by atoms with van der Waals surface area (Å²) in [5.41, 5.74) is 0. The number of hydrogen-bond acceptors (Lipinski definition) is 6. The van der Waals surface area contributed by atoms with Crippen molar-refractivity contribution in [1.29, 1.82) is 0 Å². The molecule has 3 rings (SSSR count). The van der Waals surface area contributed by atoms with E-state index < -0.39 is 18.9 Å². The minimum absolute atomic E-state index is 0.00734. The Labute approximate surface area is 117 Å². The van der Waals surface area contributed by atoms with Crippen LogP contribution in [0.4, 0.5) is 0 Å². The fourth-order valence-corrected chi connectivity index (χ4v) is 4.04.